The lowest BCUT2D eigenvalue weighted by molar-refractivity contribution is -0.117. The molecular weight excluding hydrogens is 390 g/mol. The highest BCUT2D eigenvalue weighted by Gasteiger charge is 2.36. The van der Waals surface area contributed by atoms with Gasteiger partial charge in [-0.1, -0.05) is 55.4 Å². The van der Waals surface area contributed by atoms with Crippen LogP contribution in [0.15, 0.2) is 24.3 Å². The number of hydrogen-bond acceptors (Lipinski definition) is 4. The molecule has 2 aromatic rings. The van der Waals surface area contributed by atoms with E-state index in [1.54, 1.807) is 0 Å². The van der Waals surface area contributed by atoms with Crippen LogP contribution in [-0.4, -0.2) is 27.2 Å². The predicted molar refractivity (Wildman–Crippen MR) is 127 cm³/mol. The molecule has 5 nitrogen and oxygen atoms in total. The maximum atomic E-state index is 11.1. The molecule has 0 fully saturated rings. The molecule has 1 heterocycles. The van der Waals surface area contributed by atoms with Gasteiger partial charge in [-0.25, -0.2) is 0 Å². The third-order valence-corrected chi connectivity index (χ3v) is 5.07. The maximum absolute atomic E-state index is 11.1. The van der Waals surface area contributed by atoms with Crippen molar-refractivity contribution in [2.24, 2.45) is 5.92 Å². The largest absolute Gasteiger partial charge is 0.494 e. The lowest BCUT2D eigenvalue weighted by Gasteiger charge is -2.26. The molecule has 0 amide bonds. The number of aromatic hydroxyl groups is 2. The smallest absolute Gasteiger partial charge is 0.202 e. The fraction of sp³-hybridized carbons (Fsp3) is 0.615. The average Bonchev–Trinajstić information content (AvgIpc) is 2.85. The molecule has 5 heteroatoms. The van der Waals surface area contributed by atoms with Crippen LogP contribution in [-0.2, 0) is 15.6 Å². The van der Waals surface area contributed by atoms with E-state index in [4.69, 9.17) is 9.47 Å². The van der Waals surface area contributed by atoms with E-state index in [1.807, 2.05) is 79.7 Å². The Morgan fingerprint density at radius 2 is 1.26 bits per heavy atom. The molecule has 1 atom stereocenters. The summed E-state index contributed by atoms with van der Waals surface area (Å²) >= 11 is 0. The summed E-state index contributed by atoms with van der Waals surface area (Å²) in [5, 5.41) is 22.2. The molecule has 0 bridgehead atoms. The quantitative estimate of drug-likeness (QED) is 0.481. The van der Waals surface area contributed by atoms with Crippen molar-refractivity contribution in [1.82, 2.24) is 4.57 Å². The zero-order chi connectivity index (χ0) is 23.7. The summed E-state index contributed by atoms with van der Waals surface area (Å²) in [4.78, 5) is 0. The van der Waals surface area contributed by atoms with Crippen molar-refractivity contribution in [2.75, 3.05) is 0 Å². The molecule has 2 rings (SSSR count). The van der Waals surface area contributed by atoms with Crippen LogP contribution in [0.25, 0.3) is 5.69 Å². The first kappa shape index (κ1) is 25.1. The Labute approximate surface area is 188 Å². The Bertz CT molecular complexity index is 817. The molecule has 0 radical (unpaired) electrons. The van der Waals surface area contributed by atoms with Crippen LogP contribution in [0.5, 0.6) is 17.5 Å². The molecule has 2 N–H and O–H groups in total. The van der Waals surface area contributed by atoms with Gasteiger partial charge in [0.15, 0.2) is 6.29 Å². The van der Waals surface area contributed by atoms with Gasteiger partial charge in [0, 0.05) is 17.5 Å². The molecule has 0 aliphatic rings. The number of benzene rings is 1. The van der Waals surface area contributed by atoms with E-state index in [0.717, 1.165) is 17.5 Å². The molecule has 0 saturated carbocycles. The lowest BCUT2D eigenvalue weighted by Crippen LogP contribution is -2.26. The second kappa shape index (κ2) is 9.15. The van der Waals surface area contributed by atoms with Gasteiger partial charge >= 0.3 is 0 Å². The molecule has 1 aromatic carbocycles. The second-order valence-corrected chi connectivity index (χ2v) is 11.1. The zero-order valence-electron chi connectivity index (χ0n) is 20.9. The van der Waals surface area contributed by atoms with Gasteiger partial charge in [-0.3, -0.25) is 4.57 Å². The molecule has 0 aliphatic carbocycles. The third kappa shape index (κ3) is 5.97. The summed E-state index contributed by atoms with van der Waals surface area (Å²) in [7, 11) is 0. The number of hydrogen-bond donors (Lipinski definition) is 2. The molecule has 0 aliphatic heterocycles. The Balaban J connectivity index is 2.44. The van der Waals surface area contributed by atoms with E-state index in [1.165, 1.54) is 4.57 Å². The highest BCUT2D eigenvalue weighted by Crippen LogP contribution is 2.48. The first-order chi connectivity index (χ1) is 14.1. The van der Waals surface area contributed by atoms with Crippen LogP contribution in [0.4, 0.5) is 0 Å². The summed E-state index contributed by atoms with van der Waals surface area (Å²) in [5.41, 5.74) is 1.56. The molecule has 1 unspecified atom stereocenters. The normalized spacial score (nSPS) is 13.8. The van der Waals surface area contributed by atoms with Gasteiger partial charge in [0.1, 0.15) is 5.75 Å². The SMILES string of the molecule is CC(C)CC(Oc1ccc(-n2c(O)c(C(C)(C)C)c(C(C)(C)C)c2O)cc1)OC(C)C. The Morgan fingerprint density at radius 3 is 1.61 bits per heavy atom. The minimum atomic E-state index is -0.323. The number of rotatable bonds is 7. The van der Waals surface area contributed by atoms with Crippen LogP contribution in [0, 0.1) is 5.92 Å². The van der Waals surface area contributed by atoms with Crippen molar-refractivity contribution >= 4 is 0 Å². The predicted octanol–water partition coefficient (Wildman–Crippen LogP) is 6.66. The van der Waals surface area contributed by atoms with Crippen molar-refractivity contribution < 1.29 is 19.7 Å². The number of ether oxygens (including phenoxy) is 2. The van der Waals surface area contributed by atoms with Gasteiger partial charge in [-0.05, 0) is 54.9 Å². The topological polar surface area (TPSA) is 63.9 Å². The molecule has 1 aromatic heterocycles. The average molecular weight is 432 g/mol. The fourth-order valence-electron chi connectivity index (χ4n) is 3.86. The van der Waals surface area contributed by atoms with E-state index in [0.29, 0.717) is 17.4 Å². The van der Waals surface area contributed by atoms with Gasteiger partial charge in [0.25, 0.3) is 0 Å². The van der Waals surface area contributed by atoms with E-state index >= 15 is 0 Å². The van der Waals surface area contributed by atoms with Crippen LogP contribution >= 0.6 is 0 Å². The Kier molecular flexibility index (Phi) is 7.42. The summed E-state index contributed by atoms with van der Waals surface area (Å²) < 4.78 is 13.5. The van der Waals surface area contributed by atoms with Crippen LogP contribution in [0.3, 0.4) is 0 Å². The first-order valence-corrected chi connectivity index (χ1v) is 11.2. The number of nitrogens with zero attached hydrogens (tertiary/aromatic N) is 1. The lowest BCUT2D eigenvalue weighted by atomic mass is 9.77. The highest BCUT2D eigenvalue weighted by atomic mass is 16.7. The van der Waals surface area contributed by atoms with Crippen molar-refractivity contribution in [3.8, 4) is 23.2 Å². The summed E-state index contributed by atoms with van der Waals surface area (Å²) in [6.45, 7) is 20.5. The highest BCUT2D eigenvalue weighted by molar-refractivity contribution is 5.58. The standard InChI is InChI=1S/C26H41NO4/c1-16(2)15-20(30-17(3)4)31-19-13-11-18(12-14-19)27-23(28)21(25(5,6)7)22(24(27)29)26(8,9)10/h11-14,16-17,20,28-29H,15H2,1-10H3. The Hall–Kier alpha value is -2.14. The van der Waals surface area contributed by atoms with Crippen LogP contribution in [0.1, 0.15) is 86.8 Å². The molecule has 31 heavy (non-hydrogen) atoms. The maximum Gasteiger partial charge on any atom is 0.202 e. The summed E-state index contributed by atoms with van der Waals surface area (Å²) in [6, 6.07) is 7.38. The fourth-order valence-corrected chi connectivity index (χ4v) is 3.86. The van der Waals surface area contributed by atoms with Gasteiger partial charge in [-0.15, -0.1) is 0 Å². The van der Waals surface area contributed by atoms with Crippen molar-refractivity contribution in [1.29, 1.82) is 0 Å². The second-order valence-electron chi connectivity index (χ2n) is 11.1. The van der Waals surface area contributed by atoms with Crippen molar-refractivity contribution in [3.63, 3.8) is 0 Å². The van der Waals surface area contributed by atoms with E-state index in [2.05, 4.69) is 13.8 Å². The van der Waals surface area contributed by atoms with Crippen LogP contribution in [0.2, 0.25) is 0 Å². The van der Waals surface area contributed by atoms with Gasteiger partial charge < -0.3 is 19.7 Å². The van der Waals surface area contributed by atoms with Crippen molar-refractivity contribution in [3.05, 3.63) is 35.4 Å². The molecular formula is C26H41NO4. The Morgan fingerprint density at radius 1 is 0.806 bits per heavy atom. The molecule has 0 saturated heterocycles. The third-order valence-electron chi connectivity index (χ3n) is 5.07. The van der Waals surface area contributed by atoms with Gasteiger partial charge in [0.2, 0.25) is 11.8 Å². The van der Waals surface area contributed by atoms with Gasteiger partial charge in [-0.2, -0.15) is 0 Å². The summed E-state index contributed by atoms with van der Waals surface area (Å²) in [6.07, 6.45) is 0.547. The van der Waals surface area contributed by atoms with E-state index < -0.39 is 0 Å². The molecule has 0 spiro atoms. The minimum Gasteiger partial charge on any atom is -0.494 e. The number of aromatic nitrogens is 1. The first-order valence-electron chi connectivity index (χ1n) is 11.2. The van der Waals surface area contributed by atoms with Crippen LogP contribution < -0.4 is 4.74 Å². The zero-order valence-corrected chi connectivity index (χ0v) is 20.9. The van der Waals surface area contributed by atoms with E-state index in [9.17, 15) is 10.2 Å². The minimum absolute atomic E-state index is 0.0726. The molecule has 174 valence electrons. The van der Waals surface area contributed by atoms with Crippen molar-refractivity contribution in [2.45, 2.75) is 98.9 Å². The summed E-state index contributed by atoms with van der Waals surface area (Å²) in [5.74, 6) is 1.28. The monoisotopic (exact) mass is 431 g/mol. The van der Waals surface area contributed by atoms with Gasteiger partial charge in [0.05, 0.1) is 11.8 Å². The van der Waals surface area contributed by atoms with E-state index in [-0.39, 0.29) is 35.0 Å².